The molecule has 2 aliphatic rings. The highest BCUT2D eigenvalue weighted by molar-refractivity contribution is 5.76. The van der Waals surface area contributed by atoms with E-state index in [-0.39, 0.29) is 11.0 Å². The molecule has 0 bridgehead atoms. The van der Waals surface area contributed by atoms with Crippen molar-refractivity contribution in [1.29, 1.82) is 0 Å². The number of hydrogen-bond donors (Lipinski definition) is 0. The van der Waals surface area contributed by atoms with Gasteiger partial charge in [0.05, 0.1) is 12.2 Å². The average Bonchev–Trinajstić information content (AvgIpc) is 2.51. The highest BCUT2D eigenvalue weighted by atomic mass is 16.2. The van der Waals surface area contributed by atoms with E-state index in [2.05, 4.69) is 30.8 Å². The molecule has 0 atom stereocenters. The van der Waals surface area contributed by atoms with Crippen LogP contribution < -0.4 is 5.56 Å². The predicted octanol–water partition coefficient (Wildman–Crippen LogP) is 1.49. The quantitative estimate of drug-likeness (QED) is 0.810. The zero-order valence-corrected chi connectivity index (χ0v) is 15.7. The first-order valence-electron chi connectivity index (χ1n) is 9.42. The summed E-state index contributed by atoms with van der Waals surface area (Å²) in [6.07, 6.45) is 2.88. The fraction of sp³-hybridized carbons (Fsp3) is 0.737. The molecule has 1 amide bonds. The maximum absolute atomic E-state index is 12.1. The first-order chi connectivity index (χ1) is 11.8. The van der Waals surface area contributed by atoms with Gasteiger partial charge in [0.25, 0.3) is 5.56 Å². The lowest BCUT2D eigenvalue weighted by molar-refractivity contribution is -0.133. The van der Waals surface area contributed by atoms with Crippen LogP contribution in [-0.2, 0) is 16.8 Å². The van der Waals surface area contributed by atoms with E-state index in [1.807, 2.05) is 11.0 Å². The molecule has 0 N–H and O–H groups in total. The molecule has 0 aromatic carbocycles. The van der Waals surface area contributed by atoms with Crippen molar-refractivity contribution in [2.45, 2.75) is 52.0 Å². The van der Waals surface area contributed by atoms with E-state index in [9.17, 15) is 9.59 Å². The minimum absolute atomic E-state index is 0.0228. The van der Waals surface area contributed by atoms with Gasteiger partial charge < -0.3 is 9.80 Å². The van der Waals surface area contributed by atoms with E-state index in [0.717, 1.165) is 51.3 Å². The second-order valence-electron chi connectivity index (χ2n) is 8.45. The minimum atomic E-state index is -0.0535. The largest absolute Gasteiger partial charge is 0.341 e. The highest BCUT2D eigenvalue weighted by Crippen LogP contribution is 2.20. The standard InChI is InChI=1S/C19H30N4O2/c1-19(2,3)16-7-8-18(25)23(20-16)14-15-12-21(13-15)10-11-22-9-5-4-6-17(22)24/h7-8,15H,4-6,9-14H2,1-3H3. The van der Waals surface area contributed by atoms with Crippen LogP contribution in [0.25, 0.3) is 0 Å². The van der Waals surface area contributed by atoms with Gasteiger partial charge in [-0.2, -0.15) is 5.10 Å². The van der Waals surface area contributed by atoms with Crippen molar-refractivity contribution in [2.75, 3.05) is 32.7 Å². The molecular weight excluding hydrogens is 316 g/mol. The molecule has 0 saturated carbocycles. The molecule has 0 radical (unpaired) electrons. The molecule has 138 valence electrons. The van der Waals surface area contributed by atoms with Gasteiger partial charge in [0.2, 0.25) is 5.91 Å². The number of carbonyl (C=O) groups excluding carboxylic acids is 1. The Bertz CT molecular complexity index is 671. The molecule has 0 unspecified atom stereocenters. The van der Waals surface area contributed by atoms with E-state index in [1.54, 1.807) is 10.7 Å². The normalized spacial score (nSPS) is 20.0. The Morgan fingerprint density at radius 2 is 1.88 bits per heavy atom. The summed E-state index contributed by atoms with van der Waals surface area (Å²) in [5.41, 5.74) is 0.875. The van der Waals surface area contributed by atoms with Crippen LogP contribution in [0.15, 0.2) is 16.9 Å². The van der Waals surface area contributed by atoms with Gasteiger partial charge in [-0.25, -0.2) is 4.68 Å². The van der Waals surface area contributed by atoms with E-state index >= 15 is 0 Å². The van der Waals surface area contributed by atoms with Crippen LogP contribution in [0.4, 0.5) is 0 Å². The first kappa shape index (κ1) is 18.1. The van der Waals surface area contributed by atoms with Gasteiger partial charge in [-0.1, -0.05) is 20.8 Å². The smallest absolute Gasteiger partial charge is 0.266 e. The fourth-order valence-corrected chi connectivity index (χ4v) is 3.56. The van der Waals surface area contributed by atoms with Crippen LogP contribution in [0.1, 0.15) is 45.7 Å². The Morgan fingerprint density at radius 3 is 2.56 bits per heavy atom. The predicted molar refractivity (Wildman–Crippen MR) is 97.6 cm³/mol. The number of carbonyl (C=O) groups is 1. The van der Waals surface area contributed by atoms with Crippen LogP contribution in [0.2, 0.25) is 0 Å². The van der Waals surface area contributed by atoms with Crippen LogP contribution in [-0.4, -0.2) is 58.2 Å². The first-order valence-corrected chi connectivity index (χ1v) is 9.42. The molecule has 1 aromatic rings. The number of nitrogens with zero attached hydrogens (tertiary/aromatic N) is 4. The van der Waals surface area contributed by atoms with Gasteiger partial charge in [-0.05, 0) is 18.9 Å². The molecule has 2 fully saturated rings. The van der Waals surface area contributed by atoms with Crippen molar-refractivity contribution >= 4 is 5.91 Å². The van der Waals surface area contributed by atoms with Crippen LogP contribution >= 0.6 is 0 Å². The summed E-state index contributed by atoms with van der Waals surface area (Å²) in [7, 11) is 0. The van der Waals surface area contributed by atoms with Crippen LogP contribution in [0.5, 0.6) is 0 Å². The molecule has 1 aromatic heterocycles. The highest BCUT2D eigenvalue weighted by Gasteiger charge is 2.29. The monoisotopic (exact) mass is 346 g/mol. The Kier molecular flexibility index (Phi) is 5.27. The summed E-state index contributed by atoms with van der Waals surface area (Å²) in [4.78, 5) is 28.3. The summed E-state index contributed by atoms with van der Waals surface area (Å²) < 4.78 is 1.62. The SMILES string of the molecule is CC(C)(C)c1ccc(=O)n(CC2CN(CCN3CCCCC3=O)C2)n1. The van der Waals surface area contributed by atoms with Gasteiger partial charge in [-0.3, -0.25) is 9.59 Å². The Hall–Kier alpha value is -1.69. The summed E-state index contributed by atoms with van der Waals surface area (Å²) in [5.74, 6) is 0.774. The number of aromatic nitrogens is 2. The lowest BCUT2D eigenvalue weighted by Gasteiger charge is -2.40. The zero-order chi connectivity index (χ0) is 18.0. The van der Waals surface area contributed by atoms with Crippen molar-refractivity contribution in [2.24, 2.45) is 5.92 Å². The van der Waals surface area contributed by atoms with E-state index in [1.165, 1.54) is 0 Å². The molecule has 2 aliphatic heterocycles. The van der Waals surface area contributed by atoms with Crippen LogP contribution in [0, 0.1) is 5.92 Å². The van der Waals surface area contributed by atoms with Crippen LogP contribution in [0.3, 0.4) is 0 Å². The van der Waals surface area contributed by atoms with Crippen molar-refractivity contribution in [3.05, 3.63) is 28.2 Å². The number of likely N-dealkylation sites (tertiary alicyclic amines) is 2. The maximum Gasteiger partial charge on any atom is 0.266 e. The summed E-state index contributed by atoms with van der Waals surface area (Å²) in [5, 5.41) is 4.55. The van der Waals surface area contributed by atoms with Gasteiger partial charge in [-0.15, -0.1) is 0 Å². The van der Waals surface area contributed by atoms with Gasteiger partial charge >= 0.3 is 0 Å². The molecular formula is C19H30N4O2. The zero-order valence-electron chi connectivity index (χ0n) is 15.7. The van der Waals surface area contributed by atoms with Crippen molar-refractivity contribution in [1.82, 2.24) is 19.6 Å². The summed E-state index contributed by atoms with van der Waals surface area (Å²) in [6, 6.07) is 3.47. The number of rotatable bonds is 5. The topological polar surface area (TPSA) is 58.4 Å². The Morgan fingerprint density at radius 1 is 1.12 bits per heavy atom. The minimum Gasteiger partial charge on any atom is -0.341 e. The summed E-state index contributed by atoms with van der Waals surface area (Å²) >= 11 is 0. The third kappa shape index (κ3) is 4.48. The average molecular weight is 346 g/mol. The Balaban J connectivity index is 1.47. The van der Waals surface area contributed by atoms with E-state index in [4.69, 9.17) is 0 Å². The maximum atomic E-state index is 12.1. The van der Waals surface area contributed by atoms with Crippen molar-refractivity contribution in [3.63, 3.8) is 0 Å². The molecule has 6 heteroatoms. The molecule has 6 nitrogen and oxygen atoms in total. The molecule has 3 heterocycles. The number of hydrogen-bond acceptors (Lipinski definition) is 4. The Labute approximate surface area is 149 Å². The lowest BCUT2D eigenvalue weighted by Crippen LogP contribution is -2.52. The number of amides is 1. The molecule has 3 rings (SSSR count). The molecule has 0 aliphatic carbocycles. The third-order valence-corrected chi connectivity index (χ3v) is 5.21. The van der Waals surface area contributed by atoms with Crippen molar-refractivity contribution in [3.8, 4) is 0 Å². The van der Waals surface area contributed by atoms with E-state index < -0.39 is 0 Å². The molecule has 0 spiro atoms. The number of piperidine rings is 1. The third-order valence-electron chi connectivity index (χ3n) is 5.21. The van der Waals surface area contributed by atoms with Crippen molar-refractivity contribution < 1.29 is 4.79 Å². The van der Waals surface area contributed by atoms with Gasteiger partial charge in [0.1, 0.15) is 0 Å². The molecule has 2 saturated heterocycles. The molecule has 25 heavy (non-hydrogen) atoms. The lowest BCUT2D eigenvalue weighted by atomic mass is 9.92. The fourth-order valence-electron chi connectivity index (χ4n) is 3.56. The van der Waals surface area contributed by atoms with Gasteiger partial charge in [0, 0.05) is 56.5 Å². The van der Waals surface area contributed by atoms with Gasteiger partial charge in [0.15, 0.2) is 0 Å². The second kappa shape index (κ2) is 7.28. The second-order valence-corrected chi connectivity index (χ2v) is 8.45. The van der Waals surface area contributed by atoms with E-state index in [0.29, 0.717) is 24.8 Å². The summed E-state index contributed by atoms with van der Waals surface area (Å²) in [6.45, 7) is 11.7.